The molecular formula is C25H28N2O6S. The van der Waals surface area contributed by atoms with Crippen LogP contribution in [0, 0.1) is 6.92 Å². The SMILES string of the molecule is Cc1[nH]c2ccccc2c1C(=O)C(C)OC(=O)CCc1ccc(S(=O)(=O)N2CCOCC2)cc1. The van der Waals surface area contributed by atoms with Crippen molar-refractivity contribution in [1.29, 1.82) is 0 Å². The van der Waals surface area contributed by atoms with Gasteiger partial charge in [-0.3, -0.25) is 9.59 Å². The minimum Gasteiger partial charge on any atom is -0.454 e. The van der Waals surface area contributed by atoms with Crippen LogP contribution in [0.4, 0.5) is 0 Å². The molecule has 180 valence electrons. The molecule has 1 saturated heterocycles. The second-order valence-electron chi connectivity index (χ2n) is 8.33. The van der Waals surface area contributed by atoms with Crippen molar-refractivity contribution in [3.63, 3.8) is 0 Å². The fourth-order valence-electron chi connectivity index (χ4n) is 4.12. The normalized spacial score (nSPS) is 15.8. The molecule has 2 heterocycles. The second kappa shape index (κ2) is 10.1. The van der Waals surface area contributed by atoms with Gasteiger partial charge in [0.1, 0.15) is 0 Å². The van der Waals surface area contributed by atoms with Crippen LogP contribution >= 0.6 is 0 Å². The first-order valence-electron chi connectivity index (χ1n) is 11.2. The van der Waals surface area contributed by atoms with Crippen LogP contribution < -0.4 is 0 Å². The van der Waals surface area contributed by atoms with Crippen molar-refractivity contribution >= 4 is 32.7 Å². The molecule has 1 unspecified atom stereocenters. The molecule has 1 aromatic heterocycles. The van der Waals surface area contributed by atoms with Crippen LogP contribution in [0.3, 0.4) is 0 Å². The number of morpholine rings is 1. The van der Waals surface area contributed by atoms with Crippen molar-refractivity contribution in [3.8, 4) is 0 Å². The summed E-state index contributed by atoms with van der Waals surface area (Å²) in [6, 6.07) is 14.0. The summed E-state index contributed by atoms with van der Waals surface area (Å²) in [5.41, 5.74) is 2.94. The first-order valence-corrected chi connectivity index (χ1v) is 12.7. The minimum absolute atomic E-state index is 0.0834. The number of H-pyrrole nitrogens is 1. The van der Waals surface area contributed by atoms with E-state index in [4.69, 9.17) is 9.47 Å². The van der Waals surface area contributed by atoms with Crippen molar-refractivity contribution in [1.82, 2.24) is 9.29 Å². The summed E-state index contributed by atoms with van der Waals surface area (Å²) in [5.74, 6) is -0.732. The molecule has 8 nitrogen and oxygen atoms in total. The van der Waals surface area contributed by atoms with Gasteiger partial charge in [0.25, 0.3) is 0 Å². The third kappa shape index (κ3) is 5.06. The zero-order valence-electron chi connectivity index (χ0n) is 19.2. The zero-order chi connectivity index (χ0) is 24.3. The Morgan fingerprint density at radius 1 is 1.09 bits per heavy atom. The summed E-state index contributed by atoms with van der Waals surface area (Å²) in [6.45, 7) is 4.85. The average Bonchev–Trinajstić information content (AvgIpc) is 3.18. The van der Waals surface area contributed by atoms with Crippen molar-refractivity contribution in [2.24, 2.45) is 0 Å². The molecule has 0 bridgehead atoms. The molecule has 2 aromatic carbocycles. The molecule has 0 radical (unpaired) electrons. The van der Waals surface area contributed by atoms with E-state index in [1.165, 1.54) is 4.31 Å². The maximum absolute atomic E-state index is 12.9. The van der Waals surface area contributed by atoms with E-state index < -0.39 is 22.1 Å². The number of fused-ring (bicyclic) bond motifs is 1. The van der Waals surface area contributed by atoms with Gasteiger partial charge in [0, 0.05) is 41.7 Å². The van der Waals surface area contributed by atoms with E-state index in [2.05, 4.69) is 4.98 Å². The van der Waals surface area contributed by atoms with E-state index in [1.54, 1.807) is 31.2 Å². The van der Waals surface area contributed by atoms with E-state index in [9.17, 15) is 18.0 Å². The first kappa shape index (κ1) is 24.1. The lowest BCUT2D eigenvalue weighted by Gasteiger charge is -2.26. The predicted molar refractivity (Wildman–Crippen MR) is 127 cm³/mol. The van der Waals surface area contributed by atoms with Gasteiger partial charge in [-0.25, -0.2) is 8.42 Å². The number of nitrogens with one attached hydrogen (secondary N) is 1. The number of ether oxygens (including phenoxy) is 2. The number of carbonyl (C=O) groups excluding carboxylic acids is 2. The number of hydrogen-bond acceptors (Lipinski definition) is 6. The van der Waals surface area contributed by atoms with Crippen LogP contribution in [0.1, 0.15) is 35.0 Å². The number of carbonyl (C=O) groups is 2. The van der Waals surface area contributed by atoms with Crippen LogP contribution in [0.5, 0.6) is 0 Å². The number of benzene rings is 2. The third-order valence-corrected chi connectivity index (χ3v) is 7.88. The maximum atomic E-state index is 12.9. The number of aromatic amines is 1. The van der Waals surface area contributed by atoms with Crippen LogP contribution in [0.2, 0.25) is 0 Å². The van der Waals surface area contributed by atoms with E-state index in [0.29, 0.717) is 38.3 Å². The fourth-order valence-corrected chi connectivity index (χ4v) is 5.53. The van der Waals surface area contributed by atoms with Crippen molar-refractivity contribution < 1.29 is 27.5 Å². The van der Waals surface area contributed by atoms with Gasteiger partial charge in [0.15, 0.2) is 6.10 Å². The molecule has 1 fully saturated rings. The van der Waals surface area contributed by atoms with Crippen LogP contribution in [-0.2, 0) is 30.7 Å². The topological polar surface area (TPSA) is 106 Å². The van der Waals surface area contributed by atoms with Crippen LogP contribution in [-0.4, -0.2) is 61.9 Å². The Morgan fingerprint density at radius 3 is 2.47 bits per heavy atom. The quantitative estimate of drug-likeness (QED) is 0.389. The van der Waals surface area contributed by atoms with Gasteiger partial charge in [-0.2, -0.15) is 4.31 Å². The third-order valence-electron chi connectivity index (χ3n) is 5.97. The Bertz CT molecular complexity index is 1290. The number of ketones is 1. The largest absolute Gasteiger partial charge is 0.454 e. The monoisotopic (exact) mass is 484 g/mol. The molecule has 0 saturated carbocycles. The summed E-state index contributed by atoms with van der Waals surface area (Å²) < 4.78 is 37.5. The van der Waals surface area contributed by atoms with Crippen molar-refractivity contribution in [2.45, 2.75) is 37.7 Å². The Hall–Kier alpha value is -3.01. The number of aromatic nitrogens is 1. The predicted octanol–water partition coefficient (Wildman–Crippen LogP) is 3.24. The highest BCUT2D eigenvalue weighted by Gasteiger charge is 2.26. The number of esters is 1. The lowest BCUT2D eigenvalue weighted by Crippen LogP contribution is -2.40. The Morgan fingerprint density at radius 2 is 1.76 bits per heavy atom. The number of nitrogens with zero attached hydrogens (tertiary/aromatic N) is 1. The number of aryl methyl sites for hydroxylation is 2. The van der Waals surface area contributed by atoms with Gasteiger partial charge in [-0.05, 0) is 44.0 Å². The molecule has 1 atom stereocenters. The molecule has 1 aliphatic heterocycles. The van der Waals surface area contributed by atoms with E-state index in [1.807, 2.05) is 31.2 Å². The smallest absolute Gasteiger partial charge is 0.306 e. The molecule has 1 aliphatic rings. The molecule has 0 aliphatic carbocycles. The highest BCUT2D eigenvalue weighted by Crippen LogP contribution is 2.24. The molecule has 0 amide bonds. The summed E-state index contributed by atoms with van der Waals surface area (Å²) in [7, 11) is -3.55. The van der Waals surface area contributed by atoms with Gasteiger partial charge >= 0.3 is 5.97 Å². The number of sulfonamides is 1. The molecular weight excluding hydrogens is 456 g/mol. The van der Waals surface area contributed by atoms with Crippen molar-refractivity contribution in [3.05, 3.63) is 65.4 Å². The zero-order valence-corrected chi connectivity index (χ0v) is 20.1. The molecule has 4 rings (SSSR count). The fraction of sp³-hybridized carbons (Fsp3) is 0.360. The molecule has 0 spiro atoms. The van der Waals surface area contributed by atoms with Gasteiger partial charge < -0.3 is 14.5 Å². The van der Waals surface area contributed by atoms with Gasteiger partial charge in [-0.1, -0.05) is 30.3 Å². The van der Waals surface area contributed by atoms with Crippen molar-refractivity contribution in [2.75, 3.05) is 26.3 Å². The van der Waals surface area contributed by atoms with E-state index >= 15 is 0 Å². The number of hydrogen-bond donors (Lipinski definition) is 1. The van der Waals surface area contributed by atoms with E-state index in [-0.39, 0.29) is 17.1 Å². The Labute approximate surface area is 198 Å². The minimum atomic E-state index is -3.55. The van der Waals surface area contributed by atoms with Gasteiger partial charge in [0.2, 0.25) is 15.8 Å². The number of Topliss-reactive ketones (excluding diaryl/α,β-unsaturated/α-hetero) is 1. The summed E-state index contributed by atoms with van der Waals surface area (Å²) in [5, 5.41) is 0.806. The van der Waals surface area contributed by atoms with Gasteiger partial charge in [-0.15, -0.1) is 0 Å². The molecule has 3 aromatic rings. The molecule has 34 heavy (non-hydrogen) atoms. The highest BCUT2D eigenvalue weighted by molar-refractivity contribution is 7.89. The lowest BCUT2D eigenvalue weighted by atomic mass is 10.0. The number of para-hydroxylation sites is 1. The second-order valence-corrected chi connectivity index (χ2v) is 10.3. The highest BCUT2D eigenvalue weighted by atomic mass is 32.2. The summed E-state index contributed by atoms with van der Waals surface area (Å²) in [6.07, 6.45) is -0.449. The van der Waals surface area contributed by atoms with E-state index in [0.717, 1.165) is 22.2 Å². The lowest BCUT2D eigenvalue weighted by molar-refractivity contribution is -0.146. The maximum Gasteiger partial charge on any atom is 0.306 e. The first-order chi connectivity index (χ1) is 16.3. The summed E-state index contributed by atoms with van der Waals surface area (Å²) in [4.78, 5) is 28.7. The Balaban J connectivity index is 1.34. The molecule has 1 N–H and O–H groups in total. The van der Waals surface area contributed by atoms with Crippen LogP contribution in [0.25, 0.3) is 10.9 Å². The average molecular weight is 485 g/mol. The van der Waals surface area contributed by atoms with Gasteiger partial charge in [0.05, 0.1) is 18.1 Å². The molecule has 9 heteroatoms. The number of rotatable bonds is 8. The standard InChI is InChI=1S/C25H28N2O6S/c1-17-24(21-5-3-4-6-22(21)26-17)25(29)18(2)33-23(28)12-9-19-7-10-20(11-8-19)34(30,31)27-13-15-32-16-14-27/h3-8,10-11,18,26H,9,12-16H2,1-2H3. The Kier molecular flexibility index (Phi) is 7.16. The van der Waals surface area contributed by atoms with Crippen LogP contribution in [0.15, 0.2) is 53.4 Å². The summed E-state index contributed by atoms with van der Waals surface area (Å²) >= 11 is 0.